The Hall–Kier alpha value is -7.56. The average molecular weight is 737 g/mol. The predicted octanol–water partition coefficient (Wildman–Crippen LogP) is 12.3. The number of furan rings is 1. The predicted molar refractivity (Wildman–Crippen MR) is 244 cm³/mol. The Bertz CT molecular complexity index is 3490. The third-order valence-corrected chi connectivity index (χ3v) is 12.5. The summed E-state index contributed by atoms with van der Waals surface area (Å²) in [6, 6.07) is 73.0. The van der Waals surface area contributed by atoms with Gasteiger partial charge in [0.05, 0.1) is 11.0 Å². The Morgan fingerprint density at radius 2 is 0.966 bits per heavy atom. The molecule has 0 atom stereocenters. The molecule has 0 radical (unpaired) electrons. The Morgan fingerprint density at radius 1 is 0.379 bits per heavy atom. The molecule has 0 saturated carbocycles. The summed E-state index contributed by atoms with van der Waals surface area (Å²) in [6.07, 6.45) is 0. The largest absolute Gasteiger partial charge is 0.456 e. The highest BCUT2D eigenvalue weighted by Gasteiger charge is 2.43. The summed E-state index contributed by atoms with van der Waals surface area (Å²) in [6.45, 7) is 0.00850. The molecule has 2 aromatic heterocycles. The molecule has 0 fully saturated rings. The van der Waals surface area contributed by atoms with Crippen LogP contribution in [-0.2, 0) is 0 Å². The van der Waals surface area contributed by atoms with Gasteiger partial charge in [0.2, 0.25) is 0 Å². The second-order valence-corrected chi connectivity index (χ2v) is 15.6. The van der Waals surface area contributed by atoms with Crippen LogP contribution in [0.15, 0.2) is 205 Å². The van der Waals surface area contributed by atoms with E-state index in [-0.39, 0.29) is 6.71 Å². The van der Waals surface area contributed by atoms with Crippen LogP contribution in [-0.4, -0.2) is 11.3 Å². The van der Waals surface area contributed by atoms with Gasteiger partial charge in [-0.05, 0) is 110 Å². The smallest absolute Gasteiger partial charge is 0.253 e. The van der Waals surface area contributed by atoms with E-state index in [9.17, 15) is 0 Å². The molecule has 0 unspecified atom stereocenters. The fourth-order valence-electron chi connectivity index (χ4n) is 10.1. The minimum absolute atomic E-state index is 0.00850. The fraction of sp³-hybridized carbons (Fsp3) is 0. The summed E-state index contributed by atoms with van der Waals surface area (Å²) in [5.41, 5.74) is 20.3. The minimum Gasteiger partial charge on any atom is -0.456 e. The van der Waals surface area contributed by atoms with Gasteiger partial charge in [-0.2, -0.15) is 0 Å². The van der Waals surface area contributed by atoms with Gasteiger partial charge in [0.15, 0.2) is 0 Å². The van der Waals surface area contributed by atoms with E-state index in [0.717, 1.165) is 22.2 Å². The van der Waals surface area contributed by atoms with Crippen molar-refractivity contribution in [1.29, 1.82) is 0 Å². The van der Waals surface area contributed by atoms with Crippen molar-refractivity contribution in [1.82, 2.24) is 4.57 Å². The zero-order valence-electron chi connectivity index (χ0n) is 31.4. The minimum atomic E-state index is 0.00850. The Labute approximate surface area is 335 Å². The summed E-state index contributed by atoms with van der Waals surface area (Å²) in [7, 11) is 0. The first-order chi connectivity index (χ1) is 28.8. The zero-order valence-corrected chi connectivity index (χ0v) is 31.4. The molecule has 9 aromatic carbocycles. The molecule has 2 aliphatic rings. The molecule has 0 bridgehead atoms. The lowest BCUT2D eigenvalue weighted by atomic mass is 9.33. The molecule has 58 heavy (non-hydrogen) atoms. The number of rotatable bonds is 4. The maximum atomic E-state index is 6.69. The van der Waals surface area contributed by atoms with Gasteiger partial charge in [-0.3, -0.25) is 0 Å². The van der Waals surface area contributed by atoms with Gasteiger partial charge in [-0.25, -0.2) is 0 Å². The van der Waals surface area contributed by atoms with Crippen molar-refractivity contribution < 1.29 is 4.42 Å². The van der Waals surface area contributed by atoms with E-state index < -0.39 is 0 Å². The molecule has 0 N–H and O–H groups in total. The van der Waals surface area contributed by atoms with Crippen LogP contribution in [0.3, 0.4) is 0 Å². The van der Waals surface area contributed by atoms with Crippen LogP contribution < -0.4 is 21.3 Å². The van der Waals surface area contributed by atoms with Gasteiger partial charge in [0.1, 0.15) is 11.2 Å². The van der Waals surface area contributed by atoms with Gasteiger partial charge in [0.25, 0.3) is 6.71 Å². The van der Waals surface area contributed by atoms with Crippen LogP contribution in [0.2, 0.25) is 0 Å². The summed E-state index contributed by atoms with van der Waals surface area (Å²) in [5, 5.41) is 4.84. The lowest BCUT2D eigenvalue weighted by Crippen LogP contribution is -2.60. The number of fused-ring (bicyclic) bond motifs is 11. The maximum Gasteiger partial charge on any atom is 0.253 e. The third kappa shape index (κ3) is 4.40. The molecule has 3 nitrogen and oxygen atoms in total. The lowest BCUT2D eigenvalue weighted by molar-refractivity contribution is 0.669. The molecule has 4 heteroatoms. The van der Waals surface area contributed by atoms with E-state index in [2.05, 4.69) is 210 Å². The Kier molecular flexibility index (Phi) is 6.53. The van der Waals surface area contributed by atoms with E-state index in [1.807, 2.05) is 0 Å². The number of hydrogen-bond donors (Lipinski definition) is 0. The molecule has 0 amide bonds. The van der Waals surface area contributed by atoms with Gasteiger partial charge >= 0.3 is 0 Å². The molecular formula is C54H33BN2O. The third-order valence-electron chi connectivity index (χ3n) is 12.5. The highest BCUT2D eigenvalue weighted by molar-refractivity contribution is 7.02. The highest BCUT2D eigenvalue weighted by Crippen LogP contribution is 2.44. The van der Waals surface area contributed by atoms with Crippen LogP contribution in [0, 0.1) is 0 Å². The Balaban J connectivity index is 1.02. The number of benzene rings is 9. The van der Waals surface area contributed by atoms with Crippen LogP contribution in [0.1, 0.15) is 0 Å². The van der Waals surface area contributed by atoms with Crippen LogP contribution in [0.25, 0.3) is 82.8 Å². The van der Waals surface area contributed by atoms with Crippen LogP contribution >= 0.6 is 0 Å². The normalized spacial score (nSPS) is 12.8. The first-order valence-corrected chi connectivity index (χ1v) is 20.0. The summed E-state index contributed by atoms with van der Waals surface area (Å²) < 4.78 is 9.22. The highest BCUT2D eigenvalue weighted by atomic mass is 16.3. The van der Waals surface area contributed by atoms with E-state index in [4.69, 9.17) is 4.42 Å². The molecule has 0 aliphatic carbocycles. The number of anilines is 3. The second kappa shape index (κ2) is 12.0. The molecule has 4 heterocycles. The first-order valence-electron chi connectivity index (χ1n) is 20.0. The van der Waals surface area contributed by atoms with Gasteiger partial charge in [-0.1, -0.05) is 140 Å². The van der Waals surface area contributed by atoms with Crippen molar-refractivity contribution in [3.63, 3.8) is 0 Å². The molecule has 13 rings (SSSR count). The maximum absolute atomic E-state index is 6.69. The number of nitrogens with zero attached hydrogens (tertiary/aromatic N) is 2. The lowest BCUT2D eigenvalue weighted by Gasteiger charge is -2.40. The first kappa shape index (κ1) is 31.6. The van der Waals surface area contributed by atoms with E-state index >= 15 is 0 Å². The van der Waals surface area contributed by atoms with Crippen molar-refractivity contribution in [2.24, 2.45) is 0 Å². The van der Waals surface area contributed by atoms with Crippen molar-refractivity contribution in [2.45, 2.75) is 0 Å². The number of para-hydroxylation sites is 3. The topological polar surface area (TPSA) is 21.3 Å². The van der Waals surface area contributed by atoms with Gasteiger partial charge in [0, 0.05) is 44.3 Å². The van der Waals surface area contributed by atoms with Crippen LogP contribution in [0.4, 0.5) is 17.1 Å². The standard InChI is InChI=1S/C54H33BN2O/c1-2-14-34(15-3-1)35-16-10-17-36(30-35)37-18-11-19-38(31-37)39-20-12-21-40(32-39)56-46-26-8-6-24-44(46)55-52-47(56)27-13-28-48(52)57-45-25-7-4-22-41(45)43-33-50-51(53(55)54(43)57)42-23-5-9-29-49(42)58-50/h1-33H. The molecular weight excluding hydrogens is 703 g/mol. The number of hydrogen-bond acceptors (Lipinski definition) is 2. The summed E-state index contributed by atoms with van der Waals surface area (Å²) >= 11 is 0. The van der Waals surface area contributed by atoms with Crippen molar-refractivity contribution in [3.8, 4) is 39.1 Å². The fourth-order valence-corrected chi connectivity index (χ4v) is 10.1. The summed E-state index contributed by atoms with van der Waals surface area (Å²) in [4.78, 5) is 2.49. The molecule has 268 valence electrons. The van der Waals surface area contributed by atoms with Crippen molar-refractivity contribution in [3.05, 3.63) is 200 Å². The molecule has 0 spiro atoms. The van der Waals surface area contributed by atoms with E-state index in [1.165, 1.54) is 94.0 Å². The van der Waals surface area contributed by atoms with Crippen molar-refractivity contribution in [2.75, 3.05) is 4.90 Å². The summed E-state index contributed by atoms with van der Waals surface area (Å²) in [5.74, 6) is 0. The molecule has 2 aliphatic heterocycles. The second-order valence-electron chi connectivity index (χ2n) is 15.6. The van der Waals surface area contributed by atoms with Gasteiger partial charge < -0.3 is 13.9 Å². The van der Waals surface area contributed by atoms with E-state index in [0.29, 0.717) is 0 Å². The van der Waals surface area contributed by atoms with E-state index in [1.54, 1.807) is 0 Å². The van der Waals surface area contributed by atoms with Crippen LogP contribution in [0.5, 0.6) is 0 Å². The Morgan fingerprint density at radius 3 is 1.78 bits per heavy atom. The average Bonchev–Trinajstić information content (AvgIpc) is 3.84. The SMILES string of the molecule is c1ccc(-c2cccc(-c3cccc(-c4cccc(N5c6ccccc6B6c7c5cccc7-n5c7ccccc7c7cc8oc9ccccc9c8c6c75)c4)c3)c2)cc1. The molecule has 11 aromatic rings. The number of aromatic nitrogens is 1. The zero-order chi connectivity index (χ0) is 37.9. The van der Waals surface area contributed by atoms with Gasteiger partial charge in [-0.15, -0.1) is 0 Å². The quantitative estimate of drug-likeness (QED) is 0.168. The monoisotopic (exact) mass is 736 g/mol. The van der Waals surface area contributed by atoms with Crippen molar-refractivity contribution >= 4 is 83.9 Å². The molecule has 0 saturated heterocycles.